The minimum Gasteiger partial charge on any atom is -0.450 e. The fraction of sp³-hybridized carbons (Fsp3) is 0.731. The van der Waals surface area contributed by atoms with E-state index in [-0.39, 0.29) is 24.5 Å². The number of aliphatic hydroxyl groups excluding tert-OH is 2. The zero-order valence-electron chi connectivity index (χ0n) is 19.9. The molecule has 8 atom stereocenters. The third-order valence-corrected chi connectivity index (χ3v) is 9.47. The van der Waals surface area contributed by atoms with Crippen molar-refractivity contribution >= 4 is 17.5 Å². The van der Waals surface area contributed by atoms with Gasteiger partial charge in [-0.3, -0.25) is 14.4 Å². The molecule has 0 aromatic heterocycles. The second kappa shape index (κ2) is 7.84. The summed E-state index contributed by atoms with van der Waals surface area (Å²) in [4.78, 5) is 37.9. The number of rotatable bonds is 5. The lowest BCUT2D eigenvalue weighted by Gasteiger charge is -2.62. The molecule has 4 rings (SSSR count). The van der Waals surface area contributed by atoms with Crippen molar-refractivity contribution in [2.45, 2.75) is 83.6 Å². The number of carbonyl (C=O) groups is 3. The first kappa shape index (κ1) is 24.3. The van der Waals surface area contributed by atoms with Crippen LogP contribution in [0.25, 0.3) is 0 Å². The van der Waals surface area contributed by atoms with Gasteiger partial charge in [0.1, 0.15) is 6.61 Å². The average molecular weight is 463 g/mol. The number of Topliss-reactive ketones (excluding diaryl/α,β-unsaturated/α-hetero) is 1. The van der Waals surface area contributed by atoms with E-state index >= 15 is 4.39 Å². The lowest BCUT2D eigenvalue weighted by molar-refractivity contribution is -0.228. The molecule has 182 valence electrons. The van der Waals surface area contributed by atoms with Crippen LogP contribution in [0.3, 0.4) is 0 Å². The molecule has 4 aliphatic carbocycles. The Morgan fingerprint density at radius 2 is 1.97 bits per heavy atom. The standard InChI is InChI=1S/C26H35FO6/c1-5-6-22(32)33-26(21(31)14-28)15(2)11-19-18-8-7-16-12-17(29)9-10-23(16,3)25(18,27)20(30)13-24(19,26)4/h9-10,12,15,18-20,28,30H,5-8,11,13-14H2,1-4H3/t15-,18+,19-,20+,23+,24+,25+,26+/m1/s1. The molecule has 0 bridgehead atoms. The first-order valence-corrected chi connectivity index (χ1v) is 12.1. The molecule has 0 amide bonds. The zero-order valence-corrected chi connectivity index (χ0v) is 19.9. The molecule has 0 aromatic carbocycles. The van der Waals surface area contributed by atoms with Gasteiger partial charge in [0.05, 0.1) is 6.10 Å². The van der Waals surface area contributed by atoms with Crippen molar-refractivity contribution in [3.05, 3.63) is 23.8 Å². The second-order valence-corrected chi connectivity index (χ2v) is 10.9. The number of carbonyl (C=O) groups excluding carboxylic acids is 3. The molecular weight excluding hydrogens is 427 g/mol. The number of ketones is 2. The summed E-state index contributed by atoms with van der Waals surface area (Å²) in [7, 11) is 0. The highest BCUT2D eigenvalue weighted by molar-refractivity contribution is 6.01. The van der Waals surface area contributed by atoms with Gasteiger partial charge in [-0.25, -0.2) is 4.39 Å². The van der Waals surface area contributed by atoms with Crippen LogP contribution in [0.2, 0.25) is 0 Å². The number of allylic oxidation sites excluding steroid dienone is 4. The Bertz CT molecular complexity index is 941. The summed E-state index contributed by atoms with van der Waals surface area (Å²) in [6, 6.07) is 0. The van der Waals surface area contributed by atoms with Crippen molar-refractivity contribution in [1.82, 2.24) is 0 Å². The van der Waals surface area contributed by atoms with Crippen LogP contribution in [-0.2, 0) is 19.1 Å². The summed E-state index contributed by atoms with van der Waals surface area (Å²) in [6.45, 7) is 6.42. The van der Waals surface area contributed by atoms with Crippen LogP contribution in [0.5, 0.6) is 0 Å². The van der Waals surface area contributed by atoms with Gasteiger partial charge in [0.2, 0.25) is 5.78 Å². The summed E-state index contributed by atoms with van der Waals surface area (Å²) in [5, 5.41) is 21.3. The highest BCUT2D eigenvalue weighted by Gasteiger charge is 2.77. The Morgan fingerprint density at radius 1 is 1.27 bits per heavy atom. The zero-order chi connectivity index (χ0) is 24.4. The van der Waals surface area contributed by atoms with Gasteiger partial charge in [-0.1, -0.05) is 32.4 Å². The van der Waals surface area contributed by atoms with E-state index in [2.05, 4.69) is 0 Å². The van der Waals surface area contributed by atoms with Crippen LogP contribution < -0.4 is 0 Å². The number of alkyl halides is 1. The van der Waals surface area contributed by atoms with Crippen molar-refractivity contribution < 1.29 is 33.7 Å². The number of aliphatic hydroxyl groups is 2. The second-order valence-electron chi connectivity index (χ2n) is 10.9. The van der Waals surface area contributed by atoms with Gasteiger partial charge >= 0.3 is 5.97 Å². The molecule has 2 N–H and O–H groups in total. The Balaban J connectivity index is 1.83. The molecule has 0 aromatic rings. The third-order valence-electron chi connectivity index (χ3n) is 9.47. The summed E-state index contributed by atoms with van der Waals surface area (Å²) in [6.07, 6.45) is 5.02. The number of hydrogen-bond acceptors (Lipinski definition) is 6. The molecule has 0 heterocycles. The maximum absolute atomic E-state index is 17.2. The number of ether oxygens (including phenoxy) is 1. The maximum Gasteiger partial charge on any atom is 0.306 e. The van der Waals surface area contributed by atoms with Crippen LogP contribution in [0.1, 0.15) is 66.2 Å². The minimum atomic E-state index is -2.02. The van der Waals surface area contributed by atoms with E-state index in [1.807, 2.05) is 20.8 Å². The smallest absolute Gasteiger partial charge is 0.306 e. The van der Waals surface area contributed by atoms with Gasteiger partial charge < -0.3 is 14.9 Å². The molecule has 33 heavy (non-hydrogen) atoms. The molecule has 0 spiro atoms. The van der Waals surface area contributed by atoms with Crippen LogP contribution in [0, 0.1) is 28.6 Å². The van der Waals surface area contributed by atoms with E-state index in [4.69, 9.17) is 4.74 Å². The topological polar surface area (TPSA) is 101 Å². The van der Waals surface area contributed by atoms with Crippen molar-refractivity contribution in [3.8, 4) is 0 Å². The molecule has 7 heteroatoms. The first-order chi connectivity index (χ1) is 15.4. The van der Waals surface area contributed by atoms with Crippen LogP contribution in [-0.4, -0.2) is 51.7 Å². The number of hydrogen-bond donors (Lipinski definition) is 2. The highest BCUT2D eigenvalue weighted by Crippen LogP contribution is 2.71. The Kier molecular flexibility index (Phi) is 5.77. The third kappa shape index (κ3) is 2.94. The predicted octanol–water partition coefficient (Wildman–Crippen LogP) is 3.25. The molecule has 3 fully saturated rings. The molecule has 4 aliphatic rings. The molecule has 6 nitrogen and oxygen atoms in total. The van der Waals surface area contributed by atoms with E-state index in [9.17, 15) is 24.6 Å². The van der Waals surface area contributed by atoms with Crippen LogP contribution in [0.15, 0.2) is 23.8 Å². The molecular formula is C26H35FO6. The SMILES string of the molecule is CCCC(=O)O[C@]1(C(=O)CO)[C@H](C)C[C@@H]2[C@@H]3CCC4=CC(=O)C=C[C@]4(C)[C@@]3(F)[C@@H](O)C[C@@]21C. The Labute approximate surface area is 194 Å². The monoisotopic (exact) mass is 462 g/mol. The van der Waals surface area contributed by atoms with E-state index in [0.717, 1.165) is 0 Å². The van der Waals surface area contributed by atoms with Gasteiger partial charge in [0.15, 0.2) is 17.1 Å². The van der Waals surface area contributed by atoms with Gasteiger partial charge in [-0.2, -0.15) is 0 Å². The molecule has 0 saturated heterocycles. The fourth-order valence-corrected chi connectivity index (χ4v) is 7.95. The lowest BCUT2D eigenvalue weighted by atomic mass is 9.44. The van der Waals surface area contributed by atoms with Crippen molar-refractivity contribution in [2.75, 3.05) is 6.61 Å². The van der Waals surface area contributed by atoms with Gasteiger partial charge in [-0.05, 0) is 57.1 Å². The summed E-state index contributed by atoms with van der Waals surface area (Å²) in [5.41, 5.74) is -5.10. The summed E-state index contributed by atoms with van der Waals surface area (Å²) in [5.74, 6) is -2.65. The highest BCUT2D eigenvalue weighted by atomic mass is 19.1. The van der Waals surface area contributed by atoms with E-state index in [0.29, 0.717) is 31.3 Å². The van der Waals surface area contributed by atoms with Gasteiger partial charge in [0, 0.05) is 29.1 Å². The van der Waals surface area contributed by atoms with E-state index in [1.54, 1.807) is 13.0 Å². The maximum atomic E-state index is 17.2. The van der Waals surface area contributed by atoms with Gasteiger partial charge in [0.25, 0.3) is 0 Å². The minimum absolute atomic E-state index is 0.0786. The fourth-order valence-electron chi connectivity index (χ4n) is 7.95. The van der Waals surface area contributed by atoms with E-state index in [1.165, 1.54) is 12.2 Å². The van der Waals surface area contributed by atoms with E-state index < -0.39 is 58.4 Å². The first-order valence-electron chi connectivity index (χ1n) is 12.1. The van der Waals surface area contributed by atoms with Crippen LogP contribution in [0.4, 0.5) is 4.39 Å². The predicted molar refractivity (Wildman–Crippen MR) is 119 cm³/mol. The molecule has 0 aliphatic heterocycles. The van der Waals surface area contributed by atoms with Crippen molar-refractivity contribution in [1.29, 1.82) is 0 Å². The van der Waals surface area contributed by atoms with Gasteiger partial charge in [-0.15, -0.1) is 0 Å². The average Bonchev–Trinajstić information content (AvgIpc) is 2.97. The molecule has 0 unspecified atom stereocenters. The van der Waals surface area contributed by atoms with Crippen molar-refractivity contribution in [3.63, 3.8) is 0 Å². The Hall–Kier alpha value is -1.86. The molecule has 0 radical (unpaired) electrons. The quantitative estimate of drug-likeness (QED) is 0.609. The number of esters is 1. The lowest BCUT2D eigenvalue weighted by Crippen LogP contribution is -2.70. The largest absolute Gasteiger partial charge is 0.450 e. The van der Waals surface area contributed by atoms with Crippen LogP contribution >= 0.6 is 0 Å². The Morgan fingerprint density at radius 3 is 2.61 bits per heavy atom. The molecule has 3 saturated carbocycles. The normalized spacial score (nSPS) is 46.2. The summed E-state index contributed by atoms with van der Waals surface area (Å²) < 4.78 is 23.1. The number of halogens is 1. The summed E-state index contributed by atoms with van der Waals surface area (Å²) >= 11 is 0. The van der Waals surface area contributed by atoms with Crippen molar-refractivity contribution in [2.24, 2.45) is 28.6 Å². The number of fused-ring (bicyclic) bond motifs is 5.